The zero-order chi connectivity index (χ0) is 14.4. The molecule has 5 nitrogen and oxygen atoms in total. The first kappa shape index (κ1) is 14.6. The summed E-state index contributed by atoms with van der Waals surface area (Å²) in [5.41, 5.74) is 0.714. The molecular weight excluding hydrogens is 256 g/mol. The Morgan fingerprint density at radius 2 is 2.25 bits per heavy atom. The molecule has 0 radical (unpaired) electrons. The number of carbonyl (C=O) groups is 2. The number of esters is 1. The van der Waals surface area contributed by atoms with Gasteiger partial charge in [0.05, 0.1) is 6.61 Å². The average molecular weight is 278 g/mol. The minimum absolute atomic E-state index is 0.0641. The maximum absolute atomic E-state index is 12.1. The van der Waals surface area contributed by atoms with Gasteiger partial charge in [-0.15, -0.1) is 0 Å². The van der Waals surface area contributed by atoms with Gasteiger partial charge in [-0.25, -0.2) is 0 Å². The second-order valence-corrected chi connectivity index (χ2v) is 5.05. The van der Waals surface area contributed by atoms with Crippen molar-refractivity contribution in [1.29, 1.82) is 0 Å². The first-order valence-corrected chi connectivity index (χ1v) is 7.33. The molecule has 1 aromatic rings. The van der Waals surface area contributed by atoms with Crippen LogP contribution in [0.4, 0.5) is 0 Å². The maximum Gasteiger partial charge on any atom is 0.305 e. The molecule has 0 saturated heterocycles. The SMILES string of the molecule is CCOC(=O)CCCNC(=O)c1cccn1C1CCC1. The van der Waals surface area contributed by atoms with Crippen LogP contribution in [0.25, 0.3) is 0 Å². The number of aromatic nitrogens is 1. The molecule has 1 N–H and O–H groups in total. The number of rotatable bonds is 7. The van der Waals surface area contributed by atoms with Gasteiger partial charge in [0.15, 0.2) is 0 Å². The minimum atomic E-state index is -0.209. The molecule has 1 aromatic heterocycles. The van der Waals surface area contributed by atoms with Gasteiger partial charge in [0.2, 0.25) is 0 Å². The third-order valence-electron chi connectivity index (χ3n) is 3.63. The van der Waals surface area contributed by atoms with Gasteiger partial charge in [-0.3, -0.25) is 9.59 Å². The van der Waals surface area contributed by atoms with Gasteiger partial charge in [0.1, 0.15) is 5.69 Å². The van der Waals surface area contributed by atoms with Gasteiger partial charge in [-0.1, -0.05) is 0 Å². The fraction of sp³-hybridized carbons (Fsp3) is 0.600. The number of nitrogens with one attached hydrogen (secondary N) is 1. The Bertz CT molecular complexity index is 463. The van der Waals surface area contributed by atoms with Crippen LogP contribution < -0.4 is 5.32 Å². The van der Waals surface area contributed by atoms with Crippen LogP contribution in [0.3, 0.4) is 0 Å². The first-order chi connectivity index (χ1) is 9.72. The Kier molecular flexibility index (Phi) is 5.21. The summed E-state index contributed by atoms with van der Waals surface area (Å²) >= 11 is 0. The third kappa shape index (κ3) is 3.62. The molecule has 1 saturated carbocycles. The summed E-state index contributed by atoms with van der Waals surface area (Å²) in [6.07, 6.45) is 6.46. The van der Waals surface area contributed by atoms with Crippen molar-refractivity contribution < 1.29 is 14.3 Å². The molecule has 1 amide bonds. The van der Waals surface area contributed by atoms with Gasteiger partial charge >= 0.3 is 5.97 Å². The highest BCUT2D eigenvalue weighted by molar-refractivity contribution is 5.92. The Balaban J connectivity index is 1.75. The molecule has 1 aliphatic rings. The van der Waals surface area contributed by atoms with E-state index in [1.165, 1.54) is 6.42 Å². The maximum atomic E-state index is 12.1. The smallest absolute Gasteiger partial charge is 0.305 e. The molecule has 1 aliphatic carbocycles. The Morgan fingerprint density at radius 1 is 1.45 bits per heavy atom. The van der Waals surface area contributed by atoms with E-state index >= 15 is 0 Å². The van der Waals surface area contributed by atoms with Crippen molar-refractivity contribution in [2.45, 2.75) is 45.1 Å². The van der Waals surface area contributed by atoms with Crippen LogP contribution >= 0.6 is 0 Å². The van der Waals surface area contributed by atoms with Gasteiger partial charge in [-0.05, 0) is 44.7 Å². The summed E-state index contributed by atoms with van der Waals surface area (Å²) in [5.74, 6) is -0.273. The Morgan fingerprint density at radius 3 is 2.90 bits per heavy atom. The summed E-state index contributed by atoms with van der Waals surface area (Å²) in [6.45, 7) is 2.68. The van der Waals surface area contributed by atoms with Crippen LogP contribution in [0, 0.1) is 0 Å². The number of hydrogen-bond acceptors (Lipinski definition) is 3. The van der Waals surface area contributed by atoms with Crippen LogP contribution in [0.15, 0.2) is 18.3 Å². The molecule has 0 spiro atoms. The molecule has 2 rings (SSSR count). The van der Waals surface area contributed by atoms with Gasteiger partial charge in [-0.2, -0.15) is 0 Å². The first-order valence-electron chi connectivity index (χ1n) is 7.33. The molecule has 0 atom stereocenters. The van der Waals surface area contributed by atoms with E-state index in [0.29, 0.717) is 37.7 Å². The van der Waals surface area contributed by atoms with Gasteiger partial charge < -0.3 is 14.6 Å². The number of nitrogens with zero attached hydrogens (tertiary/aromatic N) is 1. The third-order valence-corrected chi connectivity index (χ3v) is 3.63. The highest BCUT2D eigenvalue weighted by Crippen LogP contribution is 2.32. The lowest BCUT2D eigenvalue weighted by atomic mass is 9.93. The van der Waals surface area contributed by atoms with Crippen molar-refractivity contribution in [3.63, 3.8) is 0 Å². The number of ether oxygens (including phenoxy) is 1. The van der Waals surface area contributed by atoms with Crippen molar-refractivity contribution >= 4 is 11.9 Å². The van der Waals surface area contributed by atoms with Crippen LogP contribution in [-0.4, -0.2) is 29.6 Å². The standard InChI is InChI=1S/C15H22N2O3/c1-2-20-14(18)9-4-10-16-15(19)13-8-5-11-17(13)12-6-3-7-12/h5,8,11-12H,2-4,6-7,9-10H2,1H3,(H,16,19). The van der Waals surface area contributed by atoms with Crippen LogP contribution in [0.1, 0.15) is 55.6 Å². The highest BCUT2D eigenvalue weighted by atomic mass is 16.5. The van der Waals surface area contributed by atoms with Gasteiger partial charge in [0.25, 0.3) is 5.91 Å². The van der Waals surface area contributed by atoms with Crippen LogP contribution in [-0.2, 0) is 9.53 Å². The molecule has 5 heteroatoms. The zero-order valence-electron chi connectivity index (χ0n) is 11.9. The van der Waals surface area contributed by atoms with E-state index in [0.717, 1.165) is 12.8 Å². The van der Waals surface area contributed by atoms with E-state index in [1.54, 1.807) is 6.92 Å². The van der Waals surface area contributed by atoms with Crippen molar-refractivity contribution in [2.24, 2.45) is 0 Å². The van der Waals surface area contributed by atoms with E-state index in [1.807, 2.05) is 18.3 Å². The van der Waals surface area contributed by atoms with E-state index in [9.17, 15) is 9.59 Å². The van der Waals surface area contributed by atoms with Gasteiger partial charge in [0, 0.05) is 25.2 Å². The minimum Gasteiger partial charge on any atom is -0.466 e. The highest BCUT2D eigenvalue weighted by Gasteiger charge is 2.22. The summed E-state index contributed by atoms with van der Waals surface area (Å²) in [7, 11) is 0. The summed E-state index contributed by atoms with van der Waals surface area (Å²) in [5, 5.41) is 2.86. The number of hydrogen-bond donors (Lipinski definition) is 1. The lowest BCUT2D eigenvalue weighted by molar-refractivity contribution is -0.143. The fourth-order valence-corrected chi connectivity index (χ4v) is 2.33. The molecule has 20 heavy (non-hydrogen) atoms. The fourth-order valence-electron chi connectivity index (χ4n) is 2.33. The van der Waals surface area contributed by atoms with Crippen molar-refractivity contribution in [3.8, 4) is 0 Å². The molecule has 1 heterocycles. The van der Waals surface area contributed by atoms with Crippen molar-refractivity contribution in [1.82, 2.24) is 9.88 Å². The quantitative estimate of drug-likeness (QED) is 0.615. The molecular formula is C15H22N2O3. The normalized spacial score (nSPS) is 14.7. The largest absolute Gasteiger partial charge is 0.466 e. The van der Waals surface area contributed by atoms with Crippen molar-refractivity contribution in [2.75, 3.05) is 13.2 Å². The zero-order valence-corrected chi connectivity index (χ0v) is 11.9. The van der Waals surface area contributed by atoms with Crippen LogP contribution in [0.2, 0.25) is 0 Å². The number of carbonyl (C=O) groups excluding carboxylic acids is 2. The molecule has 0 aliphatic heterocycles. The predicted molar refractivity (Wildman–Crippen MR) is 75.5 cm³/mol. The summed E-state index contributed by atoms with van der Waals surface area (Å²) in [6, 6.07) is 4.23. The molecule has 110 valence electrons. The number of amides is 1. The van der Waals surface area contributed by atoms with E-state index in [-0.39, 0.29) is 11.9 Å². The Hall–Kier alpha value is -1.78. The van der Waals surface area contributed by atoms with E-state index in [4.69, 9.17) is 4.74 Å². The lowest BCUT2D eigenvalue weighted by Crippen LogP contribution is -2.29. The molecule has 0 unspecified atom stereocenters. The Labute approximate surface area is 119 Å². The topological polar surface area (TPSA) is 60.3 Å². The molecule has 0 bridgehead atoms. The monoisotopic (exact) mass is 278 g/mol. The van der Waals surface area contributed by atoms with E-state index < -0.39 is 0 Å². The van der Waals surface area contributed by atoms with Crippen LogP contribution in [0.5, 0.6) is 0 Å². The molecule has 1 fully saturated rings. The molecule has 0 aromatic carbocycles. The summed E-state index contributed by atoms with van der Waals surface area (Å²) in [4.78, 5) is 23.3. The second-order valence-electron chi connectivity index (χ2n) is 5.05. The summed E-state index contributed by atoms with van der Waals surface area (Å²) < 4.78 is 6.90. The second kappa shape index (κ2) is 7.12. The predicted octanol–water partition coefficient (Wildman–Crippen LogP) is 2.29. The van der Waals surface area contributed by atoms with E-state index in [2.05, 4.69) is 9.88 Å². The van der Waals surface area contributed by atoms with Crippen molar-refractivity contribution in [3.05, 3.63) is 24.0 Å². The average Bonchev–Trinajstić information content (AvgIpc) is 2.81. The lowest BCUT2D eigenvalue weighted by Gasteiger charge is -2.28.